The molecule has 0 bridgehead atoms. The maximum atomic E-state index is 5.45. The van der Waals surface area contributed by atoms with Crippen LogP contribution < -0.4 is 14.8 Å². The molecular weight excluding hydrogens is 178 g/mol. The van der Waals surface area contributed by atoms with Gasteiger partial charge in [0.25, 0.3) is 0 Å². The van der Waals surface area contributed by atoms with Crippen LogP contribution in [-0.4, -0.2) is 19.8 Å². The molecule has 1 N–H and O–H groups in total. The van der Waals surface area contributed by atoms with Gasteiger partial charge in [-0.15, -0.1) is 6.58 Å². The molecule has 0 unspecified atom stereocenters. The Morgan fingerprint density at radius 2 is 2.07 bits per heavy atom. The normalized spacial score (nSPS) is 13.4. The van der Waals surface area contributed by atoms with Crippen LogP contribution in [0.15, 0.2) is 30.9 Å². The molecule has 3 heteroatoms. The molecule has 2 rings (SSSR count). The quantitative estimate of drug-likeness (QED) is 0.742. The summed E-state index contributed by atoms with van der Waals surface area (Å²) in [6, 6.07) is 5.83. The molecule has 0 aromatic heterocycles. The fourth-order valence-corrected chi connectivity index (χ4v) is 1.34. The van der Waals surface area contributed by atoms with Crippen LogP contribution in [0.5, 0.6) is 11.5 Å². The number of hydrogen-bond acceptors (Lipinski definition) is 3. The zero-order chi connectivity index (χ0) is 9.80. The number of benzene rings is 1. The molecule has 3 nitrogen and oxygen atoms in total. The summed E-state index contributed by atoms with van der Waals surface area (Å²) in [6.07, 6.45) is 1.82. The van der Waals surface area contributed by atoms with E-state index in [1.165, 1.54) is 0 Å². The third-order valence-corrected chi connectivity index (χ3v) is 1.99. The third-order valence-electron chi connectivity index (χ3n) is 1.99. The Morgan fingerprint density at radius 3 is 2.86 bits per heavy atom. The topological polar surface area (TPSA) is 30.5 Å². The van der Waals surface area contributed by atoms with Crippen molar-refractivity contribution in [2.75, 3.05) is 25.1 Å². The molecule has 0 atom stereocenters. The Kier molecular flexibility index (Phi) is 2.58. The highest BCUT2D eigenvalue weighted by Gasteiger charge is 2.10. The largest absolute Gasteiger partial charge is 0.486 e. The summed E-state index contributed by atoms with van der Waals surface area (Å²) < 4.78 is 10.9. The fraction of sp³-hybridized carbons (Fsp3) is 0.273. The molecule has 74 valence electrons. The minimum atomic E-state index is 0.623. The standard InChI is InChI=1S/C11H13NO2/c1-2-5-12-9-3-4-10-11(8-9)14-7-6-13-10/h2-4,8,12H,1,5-7H2. The van der Waals surface area contributed by atoms with E-state index >= 15 is 0 Å². The molecule has 1 heterocycles. The van der Waals surface area contributed by atoms with E-state index in [1.54, 1.807) is 0 Å². The second-order valence-electron chi connectivity index (χ2n) is 3.03. The van der Waals surface area contributed by atoms with E-state index in [1.807, 2.05) is 24.3 Å². The van der Waals surface area contributed by atoms with Crippen molar-refractivity contribution in [3.05, 3.63) is 30.9 Å². The van der Waals surface area contributed by atoms with Gasteiger partial charge >= 0.3 is 0 Å². The van der Waals surface area contributed by atoms with Gasteiger partial charge < -0.3 is 14.8 Å². The summed E-state index contributed by atoms with van der Waals surface area (Å²) in [5.41, 5.74) is 1.02. The van der Waals surface area contributed by atoms with Crippen LogP contribution in [-0.2, 0) is 0 Å². The summed E-state index contributed by atoms with van der Waals surface area (Å²) in [5, 5.41) is 3.19. The molecule has 0 spiro atoms. The van der Waals surface area contributed by atoms with E-state index in [4.69, 9.17) is 9.47 Å². The van der Waals surface area contributed by atoms with E-state index < -0.39 is 0 Å². The summed E-state index contributed by atoms with van der Waals surface area (Å²) >= 11 is 0. The minimum Gasteiger partial charge on any atom is -0.486 e. The maximum Gasteiger partial charge on any atom is 0.163 e. The second-order valence-corrected chi connectivity index (χ2v) is 3.03. The van der Waals surface area contributed by atoms with Crippen molar-refractivity contribution in [1.82, 2.24) is 0 Å². The molecule has 0 aliphatic carbocycles. The molecule has 1 aromatic carbocycles. The molecule has 0 saturated heterocycles. The number of rotatable bonds is 3. The predicted octanol–water partition coefficient (Wildman–Crippen LogP) is 2.06. The Hall–Kier alpha value is -1.64. The molecule has 1 aromatic rings. The summed E-state index contributed by atoms with van der Waals surface area (Å²) in [7, 11) is 0. The predicted molar refractivity (Wildman–Crippen MR) is 56.1 cm³/mol. The first-order valence-corrected chi connectivity index (χ1v) is 4.64. The van der Waals surface area contributed by atoms with Crippen molar-refractivity contribution >= 4 is 5.69 Å². The highest BCUT2D eigenvalue weighted by atomic mass is 16.6. The first-order chi connectivity index (χ1) is 6.90. The van der Waals surface area contributed by atoms with Crippen molar-refractivity contribution in [3.8, 4) is 11.5 Å². The lowest BCUT2D eigenvalue weighted by atomic mass is 10.2. The summed E-state index contributed by atoms with van der Waals surface area (Å²) in [5.74, 6) is 1.63. The number of nitrogens with one attached hydrogen (secondary N) is 1. The van der Waals surface area contributed by atoms with Crippen LogP contribution in [0.1, 0.15) is 0 Å². The number of ether oxygens (including phenoxy) is 2. The fourth-order valence-electron chi connectivity index (χ4n) is 1.34. The first kappa shape index (κ1) is 8.94. The first-order valence-electron chi connectivity index (χ1n) is 4.64. The van der Waals surface area contributed by atoms with Crippen molar-refractivity contribution in [3.63, 3.8) is 0 Å². The zero-order valence-electron chi connectivity index (χ0n) is 7.95. The Balaban J connectivity index is 2.16. The highest BCUT2D eigenvalue weighted by Crippen LogP contribution is 2.32. The molecule has 0 fully saturated rings. The number of anilines is 1. The Morgan fingerprint density at radius 1 is 1.29 bits per heavy atom. The second kappa shape index (κ2) is 4.05. The average molecular weight is 191 g/mol. The molecular formula is C11H13NO2. The van der Waals surface area contributed by atoms with Crippen LogP contribution in [0.3, 0.4) is 0 Å². The van der Waals surface area contributed by atoms with E-state index in [0.717, 1.165) is 23.7 Å². The van der Waals surface area contributed by atoms with Gasteiger partial charge in [-0.25, -0.2) is 0 Å². The number of fused-ring (bicyclic) bond motifs is 1. The average Bonchev–Trinajstić information content (AvgIpc) is 2.26. The Bertz CT molecular complexity index is 336. The van der Waals surface area contributed by atoms with Crippen LogP contribution in [0.25, 0.3) is 0 Å². The van der Waals surface area contributed by atoms with Crippen molar-refractivity contribution in [2.24, 2.45) is 0 Å². The lowest BCUT2D eigenvalue weighted by molar-refractivity contribution is 0.171. The SMILES string of the molecule is C=CCNc1ccc2c(c1)OCCO2. The minimum absolute atomic E-state index is 0.623. The maximum absolute atomic E-state index is 5.45. The Labute approximate surface area is 83.3 Å². The lowest BCUT2D eigenvalue weighted by Crippen LogP contribution is -2.15. The van der Waals surface area contributed by atoms with Gasteiger partial charge in [0.15, 0.2) is 11.5 Å². The van der Waals surface area contributed by atoms with Crippen LogP contribution >= 0.6 is 0 Å². The van der Waals surface area contributed by atoms with Gasteiger partial charge in [0.05, 0.1) is 0 Å². The van der Waals surface area contributed by atoms with Gasteiger partial charge in [-0.05, 0) is 12.1 Å². The molecule has 14 heavy (non-hydrogen) atoms. The summed E-state index contributed by atoms with van der Waals surface area (Å²) in [4.78, 5) is 0. The van der Waals surface area contributed by atoms with Crippen LogP contribution in [0.2, 0.25) is 0 Å². The van der Waals surface area contributed by atoms with Gasteiger partial charge in [0.2, 0.25) is 0 Å². The van der Waals surface area contributed by atoms with Gasteiger partial charge in [-0.2, -0.15) is 0 Å². The van der Waals surface area contributed by atoms with Crippen molar-refractivity contribution in [2.45, 2.75) is 0 Å². The number of hydrogen-bond donors (Lipinski definition) is 1. The van der Waals surface area contributed by atoms with E-state index in [-0.39, 0.29) is 0 Å². The van der Waals surface area contributed by atoms with Gasteiger partial charge in [0, 0.05) is 18.3 Å². The van der Waals surface area contributed by atoms with Crippen molar-refractivity contribution < 1.29 is 9.47 Å². The molecule has 1 aliphatic rings. The monoisotopic (exact) mass is 191 g/mol. The van der Waals surface area contributed by atoms with Gasteiger partial charge in [-0.1, -0.05) is 6.08 Å². The van der Waals surface area contributed by atoms with Gasteiger partial charge in [-0.3, -0.25) is 0 Å². The van der Waals surface area contributed by atoms with Crippen molar-refractivity contribution in [1.29, 1.82) is 0 Å². The van der Waals surface area contributed by atoms with E-state index in [2.05, 4.69) is 11.9 Å². The molecule has 0 saturated carbocycles. The molecule has 0 radical (unpaired) electrons. The smallest absolute Gasteiger partial charge is 0.163 e. The van der Waals surface area contributed by atoms with Gasteiger partial charge in [0.1, 0.15) is 13.2 Å². The van der Waals surface area contributed by atoms with Crippen LogP contribution in [0.4, 0.5) is 5.69 Å². The highest BCUT2D eigenvalue weighted by molar-refractivity contribution is 5.55. The van der Waals surface area contributed by atoms with Crippen LogP contribution in [0, 0.1) is 0 Å². The van der Waals surface area contributed by atoms with E-state index in [0.29, 0.717) is 13.2 Å². The van der Waals surface area contributed by atoms with E-state index in [9.17, 15) is 0 Å². The lowest BCUT2D eigenvalue weighted by Gasteiger charge is -2.18. The molecule has 0 amide bonds. The third kappa shape index (κ3) is 1.82. The summed E-state index contributed by atoms with van der Waals surface area (Å²) in [6.45, 7) is 5.65. The molecule has 1 aliphatic heterocycles. The zero-order valence-corrected chi connectivity index (χ0v) is 7.95.